The first-order chi connectivity index (χ1) is 6.35. The van der Waals surface area contributed by atoms with Crippen molar-refractivity contribution in [1.82, 2.24) is 0 Å². The minimum Gasteiger partial charge on any atom is -0.223 e. The van der Waals surface area contributed by atoms with Crippen LogP contribution < -0.4 is 0 Å². The summed E-state index contributed by atoms with van der Waals surface area (Å²) in [5.74, 6) is 0. The third kappa shape index (κ3) is 2.22. The molecule has 0 spiro atoms. The molecule has 0 aliphatic rings. The highest BCUT2D eigenvalue weighted by Gasteiger charge is 2.22. The van der Waals surface area contributed by atoms with Crippen LogP contribution in [-0.4, -0.2) is 13.7 Å². The van der Waals surface area contributed by atoms with Gasteiger partial charge in [-0.1, -0.05) is 23.2 Å². The maximum atomic E-state index is 11.8. The fourth-order valence-electron chi connectivity index (χ4n) is 0.949. The quantitative estimate of drug-likeness (QED) is 0.811. The van der Waals surface area contributed by atoms with Gasteiger partial charge in [-0.15, -0.1) is 0 Å². The van der Waals surface area contributed by atoms with Gasteiger partial charge < -0.3 is 0 Å². The van der Waals surface area contributed by atoms with Gasteiger partial charge in [0.15, 0.2) is 9.84 Å². The van der Waals surface area contributed by atoms with E-state index in [4.69, 9.17) is 23.2 Å². The predicted octanol–water partition coefficient (Wildman–Crippen LogP) is 3.18. The molecule has 2 nitrogen and oxygen atoms in total. The standard InChI is InChI=1S/C9H10Cl2O2S/c1-6(2)14(12,13)9-5-7(10)3-4-8(9)11/h3-6H,1-2H3. The highest BCUT2D eigenvalue weighted by Crippen LogP contribution is 2.27. The summed E-state index contributed by atoms with van der Waals surface area (Å²) in [5, 5.41) is 0.0789. The van der Waals surface area contributed by atoms with Crippen LogP contribution in [0.1, 0.15) is 13.8 Å². The van der Waals surface area contributed by atoms with Gasteiger partial charge in [0.05, 0.1) is 15.2 Å². The van der Waals surface area contributed by atoms with E-state index < -0.39 is 15.1 Å². The molecule has 1 rings (SSSR count). The Labute approximate surface area is 93.8 Å². The Morgan fingerprint density at radius 1 is 1.21 bits per heavy atom. The molecular weight excluding hydrogens is 243 g/mol. The average Bonchev–Trinajstić information content (AvgIpc) is 2.08. The largest absolute Gasteiger partial charge is 0.223 e. The van der Waals surface area contributed by atoms with Crippen molar-refractivity contribution in [1.29, 1.82) is 0 Å². The molecule has 0 atom stereocenters. The minimum atomic E-state index is -3.35. The van der Waals surface area contributed by atoms with Crippen molar-refractivity contribution in [2.45, 2.75) is 24.0 Å². The van der Waals surface area contributed by atoms with Crippen molar-refractivity contribution in [3.05, 3.63) is 28.2 Å². The Hall–Kier alpha value is -0.250. The van der Waals surface area contributed by atoms with Gasteiger partial charge in [-0.2, -0.15) is 0 Å². The summed E-state index contributed by atoms with van der Waals surface area (Å²) < 4.78 is 23.5. The molecule has 0 amide bonds. The summed E-state index contributed by atoms with van der Waals surface area (Å²) in [5.41, 5.74) is 0. The van der Waals surface area contributed by atoms with E-state index in [0.29, 0.717) is 5.02 Å². The van der Waals surface area contributed by atoms with Crippen LogP contribution in [0.25, 0.3) is 0 Å². The van der Waals surface area contributed by atoms with Crippen molar-refractivity contribution in [3.63, 3.8) is 0 Å². The Morgan fingerprint density at radius 2 is 1.79 bits per heavy atom. The minimum absolute atomic E-state index is 0.0988. The molecule has 0 bridgehead atoms. The van der Waals surface area contributed by atoms with Crippen LogP contribution in [0, 0.1) is 0 Å². The van der Waals surface area contributed by atoms with Crippen LogP contribution in [-0.2, 0) is 9.84 Å². The third-order valence-electron chi connectivity index (χ3n) is 1.82. The fraction of sp³-hybridized carbons (Fsp3) is 0.333. The van der Waals surface area contributed by atoms with Crippen LogP contribution in [0.15, 0.2) is 23.1 Å². The lowest BCUT2D eigenvalue weighted by molar-refractivity contribution is 0.587. The van der Waals surface area contributed by atoms with Gasteiger partial charge in [-0.05, 0) is 32.0 Å². The lowest BCUT2D eigenvalue weighted by Gasteiger charge is -2.09. The summed E-state index contributed by atoms with van der Waals surface area (Å²) in [6.07, 6.45) is 0. The summed E-state index contributed by atoms with van der Waals surface area (Å²) in [6.45, 7) is 3.21. The van der Waals surface area contributed by atoms with Crippen LogP contribution >= 0.6 is 23.2 Å². The monoisotopic (exact) mass is 252 g/mol. The summed E-state index contributed by atoms with van der Waals surface area (Å²) in [4.78, 5) is 0.0988. The summed E-state index contributed by atoms with van der Waals surface area (Å²) >= 11 is 11.5. The van der Waals surface area contributed by atoms with Gasteiger partial charge >= 0.3 is 0 Å². The molecule has 0 saturated carbocycles. The molecule has 5 heteroatoms. The van der Waals surface area contributed by atoms with Gasteiger partial charge in [0.2, 0.25) is 0 Å². The Morgan fingerprint density at radius 3 is 2.29 bits per heavy atom. The number of sulfone groups is 1. The molecular formula is C9H10Cl2O2S. The molecule has 14 heavy (non-hydrogen) atoms. The third-order valence-corrected chi connectivity index (χ3v) is 4.69. The van der Waals surface area contributed by atoms with Crippen LogP contribution in [0.4, 0.5) is 0 Å². The van der Waals surface area contributed by atoms with Crippen molar-refractivity contribution >= 4 is 33.0 Å². The zero-order chi connectivity index (χ0) is 10.9. The van der Waals surface area contributed by atoms with Gasteiger partial charge in [0.1, 0.15) is 0 Å². The van der Waals surface area contributed by atoms with E-state index in [2.05, 4.69) is 0 Å². The van der Waals surface area contributed by atoms with Crippen molar-refractivity contribution in [3.8, 4) is 0 Å². The van der Waals surface area contributed by atoms with Gasteiger partial charge in [-0.3, -0.25) is 0 Å². The maximum Gasteiger partial charge on any atom is 0.182 e. The van der Waals surface area contributed by atoms with Crippen LogP contribution in [0.2, 0.25) is 10.0 Å². The SMILES string of the molecule is CC(C)S(=O)(=O)c1cc(Cl)ccc1Cl. The molecule has 0 radical (unpaired) electrons. The lowest BCUT2D eigenvalue weighted by atomic mass is 10.4. The molecule has 1 aromatic rings. The Kier molecular flexibility index (Phi) is 3.45. The molecule has 0 saturated heterocycles. The van der Waals surface area contributed by atoms with Crippen molar-refractivity contribution in [2.24, 2.45) is 0 Å². The highest BCUT2D eigenvalue weighted by molar-refractivity contribution is 7.92. The number of rotatable bonds is 2. The van der Waals surface area contributed by atoms with Crippen LogP contribution in [0.3, 0.4) is 0 Å². The van der Waals surface area contributed by atoms with E-state index >= 15 is 0 Å². The van der Waals surface area contributed by atoms with Gasteiger partial charge in [0, 0.05) is 5.02 Å². The number of halogens is 2. The molecule has 0 fully saturated rings. The molecule has 0 unspecified atom stereocenters. The average molecular weight is 253 g/mol. The van der Waals surface area contributed by atoms with Gasteiger partial charge in [0.25, 0.3) is 0 Å². The molecule has 0 aliphatic carbocycles. The second-order valence-electron chi connectivity index (χ2n) is 3.17. The highest BCUT2D eigenvalue weighted by atomic mass is 35.5. The number of hydrogen-bond donors (Lipinski definition) is 0. The van der Waals surface area contributed by atoms with E-state index in [-0.39, 0.29) is 9.92 Å². The lowest BCUT2D eigenvalue weighted by Crippen LogP contribution is -2.14. The Bertz CT molecular complexity index is 438. The topological polar surface area (TPSA) is 34.1 Å². The van der Waals surface area contributed by atoms with E-state index in [9.17, 15) is 8.42 Å². The first-order valence-corrected chi connectivity index (χ1v) is 6.35. The van der Waals surface area contributed by atoms with E-state index in [1.54, 1.807) is 19.9 Å². The van der Waals surface area contributed by atoms with Crippen molar-refractivity contribution < 1.29 is 8.42 Å². The normalized spacial score (nSPS) is 12.1. The smallest absolute Gasteiger partial charge is 0.182 e. The maximum absolute atomic E-state index is 11.8. The molecule has 0 aromatic heterocycles. The van der Waals surface area contributed by atoms with Crippen LogP contribution in [0.5, 0.6) is 0 Å². The molecule has 1 aromatic carbocycles. The van der Waals surface area contributed by atoms with E-state index in [0.717, 1.165) is 0 Å². The van der Waals surface area contributed by atoms with Gasteiger partial charge in [-0.25, -0.2) is 8.42 Å². The number of benzene rings is 1. The fourth-order valence-corrected chi connectivity index (χ4v) is 2.77. The molecule has 0 aliphatic heterocycles. The van der Waals surface area contributed by atoms with Crippen molar-refractivity contribution in [2.75, 3.05) is 0 Å². The first kappa shape index (κ1) is 11.8. The van der Waals surface area contributed by atoms with E-state index in [1.165, 1.54) is 12.1 Å². The predicted molar refractivity (Wildman–Crippen MR) is 58.8 cm³/mol. The second kappa shape index (κ2) is 4.09. The first-order valence-electron chi connectivity index (χ1n) is 4.04. The second-order valence-corrected chi connectivity index (χ2v) is 6.48. The zero-order valence-electron chi connectivity index (χ0n) is 7.79. The summed E-state index contributed by atoms with van der Waals surface area (Å²) in [6, 6.07) is 4.42. The molecule has 78 valence electrons. The zero-order valence-corrected chi connectivity index (χ0v) is 10.1. The van der Waals surface area contributed by atoms with E-state index in [1.807, 2.05) is 0 Å². The molecule has 0 heterocycles. The molecule has 0 N–H and O–H groups in total. The Balaban J connectivity index is 3.40. The number of hydrogen-bond acceptors (Lipinski definition) is 2. The summed E-state index contributed by atoms with van der Waals surface area (Å²) in [7, 11) is -3.35.